The van der Waals surface area contributed by atoms with Crippen LogP contribution in [-0.4, -0.2) is 49.9 Å². The Kier molecular flexibility index (Phi) is 11.4. The summed E-state index contributed by atoms with van der Waals surface area (Å²) in [6.07, 6.45) is 11.0. The first-order valence-corrected chi connectivity index (χ1v) is 10.5. The number of imidazole rings is 1. The van der Waals surface area contributed by atoms with Gasteiger partial charge in [-0.2, -0.15) is 0 Å². The Hall–Kier alpha value is -0.640. The van der Waals surface area contributed by atoms with E-state index in [4.69, 9.17) is 0 Å². The van der Waals surface area contributed by atoms with Gasteiger partial charge in [-0.3, -0.25) is 9.20 Å². The van der Waals surface area contributed by atoms with Crippen molar-refractivity contribution in [2.24, 2.45) is 4.99 Å². The quantitative estimate of drug-likeness (QED) is 0.259. The van der Waals surface area contributed by atoms with E-state index in [2.05, 4.69) is 32.1 Å². The maximum atomic E-state index is 12.1. The Bertz CT molecular complexity index is 523. The average molecular weight is 481 g/mol. The Balaban J connectivity index is 0.00000312. The predicted octanol–water partition coefficient (Wildman–Crippen LogP) is 2.53. The molecule has 2 rings (SSSR count). The Morgan fingerprint density at radius 2 is 2.24 bits per heavy atom. The third-order valence-corrected chi connectivity index (χ3v) is 6.11. The van der Waals surface area contributed by atoms with Crippen molar-refractivity contribution in [3.8, 4) is 0 Å². The molecule has 1 aromatic heterocycles. The van der Waals surface area contributed by atoms with Crippen LogP contribution in [0.4, 0.5) is 0 Å². The fourth-order valence-electron chi connectivity index (χ4n) is 3.13. The van der Waals surface area contributed by atoms with Gasteiger partial charge in [-0.25, -0.2) is 4.98 Å². The van der Waals surface area contributed by atoms with E-state index in [1.807, 2.05) is 19.4 Å². The van der Waals surface area contributed by atoms with Gasteiger partial charge in [-0.05, 0) is 32.6 Å². The lowest BCUT2D eigenvalue weighted by Crippen LogP contribution is -2.46. The Labute approximate surface area is 171 Å². The zero-order valence-corrected chi connectivity index (χ0v) is 18.5. The van der Waals surface area contributed by atoms with Crippen LogP contribution in [0, 0.1) is 0 Å². The molecule has 1 saturated carbocycles. The van der Waals surface area contributed by atoms with Crippen LogP contribution in [0.25, 0.3) is 0 Å². The number of nitrogens with zero attached hydrogens (tertiary/aromatic N) is 3. The number of hydrogen-bond donors (Lipinski definition) is 2. The number of guanidine groups is 1. The smallest absolute Gasteiger partial charge is 0.191 e. The minimum absolute atomic E-state index is 0. The van der Waals surface area contributed by atoms with E-state index >= 15 is 0 Å². The number of halogens is 1. The molecule has 1 aliphatic rings. The van der Waals surface area contributed by atoms with Gasteiger partial charge in [0.2, 0.25) is 0 Å². The molecule has 144 valence electrons. The molecule has 1 aliphatic carbocycles. The van der Waals surface area contributed by atoms with Gasteiger partial charge in [0.15, 0.2) is 5.96 Å². The molecule has 0 bridgehead atoms. The molecule has 0 radical (unpaired) electrons. The minimum Gasteiger partial charge on any atom is -0.357 e. The van der Waals surface area contributed by atoms with Gasteiger partial charge in [-0.15, -0.1) is 24.0 Å². The van der Waals surface area contributed by atoms with Gasteiger partial charge in [0.05, 0.1) is 6.33 Å². The predicted molar refractivity (Wildman–Crippen MR) is 116 cm³/mol. The maximum absolute atomic E-state index is 12.1. The Morgan fingerprint density at radius 3 is 2.92 bits per heavy atom. The van der Waals surface area contributed by atoms with Gasteiger partial charge >= 0.3 is 0 Å². The number of aromatic nitrogens is 2. The van der Waals surface area contributed by atoms with Crippen LogP contribution in [0.2, 0.25) is 0 Å². The van der Waals surface area contributed by atoms with E-state index in [0.717, 1.165) is 63.5 Å². The van der Waals surface area contributed by atoms with Crippen LogP contribution in [0.1, 0.15) is 46.0 Å². The van der Waals surface area contributed by atoms with Crippen molar-refractivity contribution < 1.29 is 4.21 Å². The number of rotatable bonds is 8. The summed E-state index contributed by atoms with van der Waals surface area (Å²) in [6, 6.07) is 0.380. The third-order valence-electron chi connectivity index (χ3n) is 4.37. The van der Waals surface area contributed by atoms with Crippen molar-refractivity contribution in [3.63, 3.8) is 0 Å². The van der Waals surface area contributed by atoms with Gasteiger partial charge in [-0.1, -0.05) is 13.3 Å². The topological polar surface area (TPSA) is 71.3 Å². The van der Waals surface area contributed by atoms with E-state index in [0.29, 0.717) is 11.3 Å². The summed E-state index contributed by atoms with van der Waals surface area (Å²) in [7, 11) is -0.686. The maximum Gasteiger partial charge on any atom is 0.191 e. The van der Waals surface area contributed by atoms with Crippen molar-refractivity contribution in [1.29, 1.82) is 0 Å². The first kappa shape index (κ1) is 22.4. The molecule has 2 N–H and O–H groups in total. The minimum atomic E-state index is -0.686. The highest BCUT2D eigenvalue weighted by Gasteiger charge is 2.25. The number of hydrogen-bond acceptors (Lipinski definition) is 3. The molecule has 0 amide bonds. The van der Waals surface area contributed by atoms with E-state index in [1.54, 1.807) is 6.20 Å². The van der Waals surface area contributed by atoms with Crippen LogP contribution < -0.4 is 10.6 Å². The lowest BCUT2D eigenvalue weighted by atomic mass is 9.95. The third kappa shape index (κ3) is 8.06. The lowest BCUT2D eigenvalue weighted by Gasteiger charge is -2.30. The Morgan fingerprint density at radius 1 is 1.40 bits per heavy atom. The molecule has 1 heterocycles. The summed E-state index contributed by atoms with van der Waals surface area (Å²) in [5.74, 6) is 1.65. The normalized spacial score (nSPS) is 22.1. The highest BCUT2D eigenvalue weighted by atomic mass is 127. The molecular weight excluding hydrogens is 449 g/mol. The van der Waals surface area contributed by atoms with Crippen LogP contribution in [0.5, 0.6) is 0 Å². The largest absolute Gasteiger partial charge is 0.357 e. The van der Waals surface area contributed by atoms with Gasteiger partial charge in [0.1, 0.15) is 0 Å². The van der Waals surface area contributed by atoms with Crippen LogP contribution in [0.3, 0.4) is 0 Å². The van der Waals surface area contributed by atoms with Crippen molar-refractivity contribution in [1.82, 2.24) is 20.2 Å². The van der Waals surface area contributed by atoms with E-state index < -0.39 is 10.8 Å². The summed E-state index contributed by atoms with van der Waals surface area (Å²) < 4.78 is 14.1. The average Bonchev–Trinajstić information content (AvgIpc) is 3.12. The highest BCUT2D eigenvalue weighted by molar-refractivity contribution is 14.0. The number of aryl methyl sites for hydroxylation is 1. The standard InChI is InChI=1S/C17H31N5OS.HI/c1-3-19-17(20-9-6-11-22-12-10-18-14-22)21-15-7-5-8-16(13-15)24(23)4-2;/h10,12,14-16H,3-9,11,13H2,1-2H3,(H2,19,20,21);1H. The summed E-state index contributed by atoms with van der Waals surface area (Å²) in [6.45, 7) is 6.66. The molecule has 0 aliphatic heterocycles. The van der Waals surface area contributed by atoms with Gasteiger partial charge in [0.25, 0.3) is 0 Å². The lowest BCUT2D eigenvalue weighted by molar-refractivity contribution is 0.413. The zero-order chi connectivity index (χ0) is 17.2. The van der Waals surface area contributed by atoms with Crippen LogP contribution in [0.15, 0.2) is 23.7 Å². The highest BCUT2D eigenvalue weighted by Crippen LogP contribution is 2.22. The van der Waals surface area contributed by atoms with Gasteiger partial charge < -0.3 is 15.2 Å². The van der Waals surface area contributed by atoms with Gasteiger partial charge in [0, 0.05) is 59.9 Å². The first-order valence-electron chi connectivity index (χ1n) is 9.10. The van der Waals surface area contributed by atoms with Crippen molar-refractivity contribution in [3.05, 3.63) is 18.7 Å². The van der Waals surface area contributed by atoms with E-state index in [1.165, 1.54) is 0 Å². The van der Waals surface area contributed by atoms with Crippen molar-refractivity contribution >= 4 is 40.7 Å². The molecule has 8 heteroatoms. The summed E-state index contributed by atoms with van der Waals surface area (Å²) in [5, 5.41) is 7.21. The molecule has 0 aromatic carbocycles. The molecule has 0 saturated heterocycles. The van der Waals surface area contributed by atoms with E-state index in [9.17, 15) is 4.21 Å². The molecule has 3 atom stereocenters. The summed E-state index contributed by atoms with van der Waals surface area (Å²) in [5.41, 5.74) is 0. The first-order chi connectivity index (χ1) is 11.7. The molecule has 3 unspecified atom stereocenters. The summed E-state index contributed by atoms with van der Waals surface area (Å²) >= 11 is 0. The molecule has 1 fully saturated rings. The number of aliphatic imine (C=N–C) groups is 1. The second-order valence-corrected chi connectivity index (χ2v) is 8.22. The van der Waals surface area contributed by atoms with Crippen LogP contribution >= 0.6 is 24.0 Å². The van der Waals surface area contributed by atoms with Crippen molar-refractivity contribution in [2.45, 2.75) is 63.8 Å². The second-order valence-electron chi connectivity index (χ2n) is 6.21. The second kappa shape index (κ2) is 12.7. The molecular formula is C17H32IN5OS. The molecule has 25 heavy (non-hydrogen) atoms. The monoisotopic (exact) mass is 481 g/mol. The van der Waals surface area contributed by atoms with Crippen LogP contribution in [-0.2, 0) is 17.3 Å². The summed E-state index contributed by atoms with van der Waals surface area (Å²) in [4.78, 5) is 8.73. The fourth-order valence-corrected chi connectivity index (χ4v) is 4.47. The van der Waals surface area contributed by atoms with Crippen molar-refractivity contribution in [2.75, 3.05) is 18.8 Å². The zero-order valence-electron chi connectivity index (χ0n) is 15.3. The molecule has 1 aromatic rings. The SMILES string of the molecule is CCNC(=NCCCn1ccnc1)NC1CCCC(S(=O)CC)C1.I. The van der Waals surface area contributed by atoms with E-state index in [-0.39, 0.29) is 24.0 Å². The molecule has 0 spiro atoms. The molecule has 6 nitrogen and oxygen atoms in total. The fraction of sp³-hybridized carbons (Fsp3) is 0.765. The number of nitrogens with one attached hydrogen (secondary N) is 2.